The molecule has 4 rings (SSSR count). The second-order valence-electron chi connectivity index (χ2n) is 7.34. The highest BCUT2D eigenvalue weighted by Gasteiger charge is 2.30. The Morgan fingerprint density at radius 3 is 2.93 bits per heavy atom. The Balaban J connectivity index is 1.32. The van der Waals surface area contributed by atoms with Crippen molar-refractivity contribution in [3.8, 4) is 5.88 Å². The Kier molecular flexibility index (Phi) is 4.92. The number of pyridine rings is 1. The first-order valence-electron chi connectivity index (χ1n) is 9.56. The Labute approximate surface area is 158 Å². The van der Waals surface area contributed by atoms with E-state index < -0.39 is 0 Å². The van der Waals surface area contributed by atoms with Crippen molar-refractivity contribution in [1.82, 2.24) is 24.3 Å². The largest absolute Gasteiger partial charge is 0.470 e. The van der Waals surface area contributed by atoms with Crippen LogP contribution in [0.4, 0.5) is 0 Å². The predicted molar refractivity (Wildman–Crippen MR) is 102 cm³/mol. The minimum atomic E-state index is 0.0658. The molecule has 27 heavy (non-hydrogen) atoms. The van der Waals surface area contributed by atoms with E-state index in [-0.39, 0.29) is 12.4 Å². The van der Waals surface area contributed by atoms with Crippen LogP contribution in [0.25, 0.3) is 11.0 Å². The second-order valence-corrected chi connectivity index (χ2v) is 7.34. The zero-order valence-corrected chi connectivity index (χ0v) is 15.9. The molecule has 7 heteroatoms. The summed E-state index contributed by atoms with van der Waals surface area (Å²) in [6.45, 7) is 3.01. The molecule has 1 aliphatic carbocycles. The van der Waals surface area contributed by atoms with Gasteiger partial charge in [-0.1, -0.05) is 0 Å². The monoisotopic (exact) mass is 367 g/mol. The van der Waals surface area contributed by atoms with Gasteiger partial charge >= 0.3 is 0 Å². The highest BCUT2D eigenvalue weighted by atomic mass is 16.5. The lowest BCUT2D eigenvalue weighted by Gasteiger charge is -2.07. The van der Waals surface area contributed by atoms with E-state index in [1.54, 1.807) is 12.5 Å². The topological polar surface area (TPSA) is 74.8 Å². The van der Waals surface area contributed by atoms with Crippen LogP contribution in [0.15, 0.2) is 24.8 Å². The molecule has 7 nitrogen and oxygen atoms in total. The first-order valence-corrected chi connectivity index (χ1v) is 9.56. The van der Waals surface area contributed by atoms with Gasteiger partial charge in [-0.25, -0.2) is 4.98 Å². The van der Waals surface area contributed by atoms with Crippen molar-refractivity contribution in [2.45, 2.75) is 51.5 Å². The molecule has 0 aromatic carbocycles. The van der Waals surface area contributed by atoms with Crippen molar-refractivity contribution in [2.75, 3.05) is 6.61 Å². The van der Waals surface area contributed by atoms with Crippen LogP contribution in [-0.4, -0.2) is 36.7 Å². The molecule has 0 radical (unpaired) electrons. The number of unbranched alkanes of at least 4 members (excludes halogenated alkanes) is 1. The molecule has 0 unspecified atom stereocenters. The maximum absolute atomic E-state index is 12.1. The van der Waals surface area contributed by atoms with Crippen LogP contribution < -0.4 is 4.74 Å². The van der Waals surface area contributed by atoms with E-state index in [1.807, 2.05) is 28.6 Å². The first-order chi connectivity index (χ1) is 13.1. The number of ketones is 1. The van der Waals surface area contributed by atoms with Crippen LogP contribution in [-0.2, 0) is 18.4 Å². The molecule has 3 aromatic rings. The van der Waals surface area contributed by atoms with Gasteiger partial charge in [0.05, 0.1) is 12.0 Å². The summed E-state index contributed by atoms with van der Waals surface area (Å²) in [6.07, 6.45) is 10.2. The molecule has 0 aliphatic heterocycles. The molecule has 142 valence electrons. The third-order valence-corrected chi connectivity index (χ3v) is 5.02. The van der Waals surface area contributed by atoms with Crippen LogP contribution in [0.3, 0.4) is 0 Å². The van der Waals surface area contributed by atoms with Crippen molar-refractivity contribution in [3.63, 3.8) is 0 Å². The Morgan fingerprint density at radius 2 is 2.19 bits per heavy atom. The maximum atomic E-state index is 12.1. The highest BCUT2D eigenvalue weighted by molar-refractivity contribution is 5.84. The van der Waals surface area contributed by atoms with E-state index in [1.165, 1.54) is 12.8 Å². The summed E-state index contributed by atoms with van der Waals surface area (Å²) < 4.78 is 9.52. The number of hydrogen-bond donors (Lipinski definition) is 0. The zero-order valence-electron chi connectivity index (χ0n) is 15.9. The predicted octanol–water partition coefficient (Wildman–Crippen LogP) is 3.17. The third-order valence-electron chi connectivity index (χ3n) is 5.02. The third kappa shape index (κ3) is 4.02. The van der Waals surface area contributed by atoms with Crippen LogP contribution in [0, 0.1) is 6.92 Å². The lowest BCUT2D eigenvalue weighted by molar-refractivity contribution is -0.121. The average Bonchev–Trinajstić information content (AvgIpc) is 3.26. The molecular formula is C20H25N5O2. The SMILES string of the molecule is Cc1cc(OCC(=O)CCCCn2ccnc2)nc2c1c(C1CC1)nn2C. The summed E-state index contributed by atoms with van der Waals surface area (Å²) in [4.78, 5) is 20.7. The summed E-state index contributed by atoms with van der Waals surface area (Å²) in [6, 6.07) is 1.92. The molecule has 0 N–H and O–H groups in total. The smallest absolute Gasteiger partial charge is 0.215 e. The number of rotatable bonds is 9. The van der Waals surface area contributed by atoms with E-state index in [0.29, 0.717) is 18.2 Å². The lowest BCUT2D eigenvalue weighted by Crippen LogP contribution is -2.12. The number of hydrogen-bond acceptors (Lipinski definition) is 5. The van der Waals surface area contributed by atoms with Crippen molar-refractivity contribution >= 4 is 16.8 Å². The number of aromatic nitrogens is 5. The minimum absolute atomic E-state index is 0.0658. The highest BCUT2D eigenvalue weighted by Crippen LogP contribution is 2.43. The molecule has 3 aromatic heterocycles. The molecule has 0 spiro atoms. The molecule has 0 atom stereocenters. The number of carbonyl (C=O) groups is 1. The summed E-state index contributed by atoms with van der Waals surface area (Å²) in [5.74, 6) is 1.17. The van der Waals surface area contributed by atoms with Gasteiger partial charge in [-0.05, 0) is 38.2 Å². The number of carbonyl (C=O) groups excluding carboxylic acids is 1. The zero-order chi connectivity index (χ0) is 18.8. The summed E-state index contributed by atoms with van der Waals surface area (Å²) >= 11 is 0. The Bertz CT molecular complexity index is 941. The van der Waals surface area contributed by atoms with Crippen molar-refractivity contribution in [2.24, 2.45) is 7.05 Å². The fourth-order valence-electron chi connectivity index (χ4n) is 3.41. The van der Waals surface area contributed by atoms with Crippen molar-refractivity contribution in [1.29, 1.82) is 0 Å². The number of nitrogens with zero attached hydrogens (tertiary/aromatic N) is 5. The van der Waals surface area contributed by atoms with Crippen molar-refractivity contribution < 1.29 is 9.53 Å². The van der Waals surface area contributed by atoms with Crippen molar-refractivity contribution in [3.05, 3.63) is 36.0 Å². The standard InChI is InChI=1S/C20H25N5O2/c1-14-11-17(22-20-18(14)19(15-6-7-15)23-24(20)2)27-12-16(26)5-3-4-9-25-10-8-21-13-25/h8,10-11,13,15H,3-7,9,12H2,1-2H3. The van der Waals surface area contributed by atoms with Gasteiger partial charge in [-0.15, -0.1) is 0 Å². The van der Waals surface area contributed by atoms with Gasteiger partial charge in [0.25, 0.3) is 0 Å². The van der Waals surface area contributed by atoms with Gasteiger partial charge in [0.15, 0.2) is 11.4 Å². The van der Waals surface area contributed by atoms with E-state index in [0.717, 1.165) is 41.7 Å². The van der Waals surface area contributed by atoms with E-state index >= 15 is 0 Å². The maximum Gasteiger partial charge on any atom is 0.215 e. The number of ether oxygens (including phenoxy) is 1. The molecule has 3 heterocycles. The first kappa shape index (κ1) is 17.7. The lowest BCUT2D eigenvalue weighted by atomic mass is 10.1. The van der Waals surface area contributed by atoms with Crippen LogP contribution in [0.2, 0.25) is 0 Å². The van der Waals surface area contributed by atoms with Crippen LogP contribution in [0.1, 0.15) is 49.3 Å². The van der Waals surface area contributed by atoms with Crippen LogP contribution in [0.5, 0.6) is 5.88 Å². The summed E-state index contributed by atoms with van der Waals surface area (Å²) in [5, 5.41) is 5.78. The molecule has 0 saturated heterocycles. The minimum Gasteiger partial charge on any atom is -0.470 e. The summed E-state index contributed by atoms with van der Waals surface area (Å²) in [7, 11) is 1.91. The molecule has 0 amide bonds. The quantitative estimate of drug-likeness (QED) is 0.543. The molecular weight excluding hydrogens is 342 g/mol. The second kappa shape index (κ2) is 7.50. The number of Topliss-reactive ketones (excluding diaryl/α,β-unsaturated/α-hetero) is 1. The van der Waals surface area contributed by atoms with E-state index in [4.69, 9.17) is 4.74 Å². The fourth-order valence-corrected chi connectivity index (χ4v) is 3.41. The van der Waals surface area contributed by atoms with Gasteiger partial charge in [-0.3, -0.25) is 9.48 Å². The molecule has 1 aliphatic rings. The van der Waals surface area contributed by atoms with Gasteiger partial charge in [0.2, 0.25) is 5.88 Å². The number of imidazole rings is 1. The normalized spacial score (nSPS) is 14.0. The summed E-state index contributed by atoms with van der Waals surface area (Å²) in [5.41, 5.74) is 3.09. The fraction of sp³-hybridized carbons (Fsp3) is 0.500. The molecule has 1 fully saturated rings. The Hall–Kier alpha value is -2.70. The molecule has 0 bridgehead atoms. The van der Waals surface area contributed by atoms with Gasteiger partial charge in [0.1, 0.15) is 6.61 Å². The van der Waals surface area contributed by atoms with E-state index in [2.05, 4.69) is 22.0 Å². The average molecular weight is 367 g/mol. The van der Waals surface area contributed by atoms with Gasteiger partial charge in [-0.2, -0.15) is 10.1 Å². The van der Waals surface area contributed by atoms with Crippen LogP contribution >= 0.6 is 0 Å². The van der Waals surface area contributed by atoms with E-state index in [9.17, 15) is 4.79 Å². The van der Waals surface area contributed by atoms with Gasteiger partial charge < -0.3 is 9.30 Å². The number of fused-ring (bicyclic) bond motifs is 1. The number of aryl methyl sites for hydroxylation is 3. The molecule has 1 saturated carbocycles. The Morgan fingerprint density at radius 1 is 1.33 bits per heavy atom. The van der Waals surface area contributed by atoms with Gasteiger partial charge in [0, 0.05) is 49.8 Å².